The monoisotopic (exact) mass is 428 g/mol. The molecule has 2 fully saturated rings. The molecule has 3 aliphatic rings. The van der Waals surface area contributed by atoms with Gasteiger partial charge in [-0.2, -0.15) is 5.10 Å². The van der Waals surface area contributed by atoms with Gasteiger partial charge in [0.2, 0.25) is 0 Å². The smallest absolute Gasteiger partial charge is 0.323 e. The number of nitrogens with one attached hydrogen (secondary N) is 1. The van der Waals surface area contributed by atoms with Crippen molar-refractivity contribution >= 4 is 46.2 Å². The Morgan fingerprint density at radius 2 is 1.93 bits per heavy atom. The van der Waals surface area contributed by atoms with Crippen molar-refractivity contribution in [1.29, 1.82) is 0 Å². The van der Waals surface area contributed by atoms with Gasteiger partial charge >= 0.3 is 6.03 Å². The second-order valence-electron chi connectivity index (χ2n) is 7.61. The van der Waals surface area contributed by atoms with Gasteiger partial charge in [-0.3, -0.25) is 14.5 Å². The first kappa shape index (κ1) is 18.5. The molecule has 0 aromatic carbocycles. The zero-order valence-electron chi connectivity index (χ0n) is 15.7. The summed E-state index contributed by atoms with van der Waals surface area (Å²) in [5.74, 6) is -0.615. The van der Waals surface area contributed by atoms with E-state index in [1.54, 1.807) is 22.7 Å². The number of amides is 4. The molecule has 1 aliphatic carbocycles. The Hall–Kier alpha value is -2.52. The number of carbonyl (C=O) groups is 3. The fraction of sp³-hybridized carbons (Fsp3) is 0.400. The largest absolute Gasteiger partial charge is 0.325 e. The predicted molar refractivity (Wildman–Crippen MR) is 111 cm³/mol. The van der Waals surface area contributed by atoms with E-state index in [-0.39, 0.29) is 24.4 Å². The minimum atomic E-state index is -0.805. The predicted octanol–water partition coefficient (Wildman–Crippen LogP) is 3.35. The van der Waals surface area contributed by atoms with Gasteiger partial charge in [0.1, 0.15) is 12.1 Å². The summed E-state index contributed by atoms with van der Waals surface area (Å²) in [6, 6.07) is 7.21. The fourth-order valence-electron chi connectivity index (χ4n) is 4.38. The summed E-state index contributed by atoms with van der Waals surface area (Å²) in [5, 5.41) is 12.8. The van der Waals surface area contributed by atoms with Crippen molar-refractivity contribution in [1.82, 2.24) is 15.2 Å². The van der Waals surface area contributed by atoms with Gasteiger partial charge in [0.25, 0.3) is 11.8 Å². The Morgan fingerprint density at radius 3 is 2.62 bits per heavy atom. The van der Waals surface area contributed by atoms with E-state index in [4.69, 9.17) is 0 Å². The number of hydrazone groups is 1. The van der Waals surface area contributed by atoms with Crippen LogP contribution in [0.4, 0.5) is 4.79 Å². The molecule has 1 spiro atoms. The quantitative estimate of drug-likeness (QED) is 0.758. The number of hydrogen-bond acceptors (Lipinski definition) is 6. The van der Waals surface area contributed by atoms with Gasteiger partial charge in [-0.05, 0) is 35.7 Å². The third kappa shape index (κ3) is 3.08. The highest BCUT2D eigenvalue weighted by Gasteiger charge is 2.53. The number of carbonyl (C=O) groups excluding carboxylic acids is 3. The van der Waals surface area contributed by atoms with Crippen molar-refractivity contribution in [2.75, 3.05) is 6.54 Å². The first-order chi connectivity index (χ1) is 14.1. The van der Waals surface area contributed by atoms with Crippen LogP contribution in [0.25, 0.3) is 0 Å². The zero-order chi connectivity index (χ0) is 20.0. The van der Waals surface area contributed by atoms with Gasteiger partial charge in [-0.25, -0.2) is 9.80 Å². The molecule has 4 amide bonds. The number of nitrogens with zero attached hydrogens (tertiary/aromatic N) is 3. The van der Waals surface area contributed by atoms with Crippen molar-refractivity contribution in [3.63, 3.8) is 0 Å². The molecule has 29 heavy (non-hydrogen) atoms. The van der Waals surface area contributed by atoms with Crippen LogP contribution in [-0.4, -0.2) is 45.5 Å². The summed E-state index contributed by atoms with van der Waals surface area (Å²) in [5.41, 5.74) is 0.0530. The van der Waals surface area contributed by atoms with Gasteiger partial charge in [-0.15, -0.1) is 22.7 Å². The summed E-state index contributed by atoms with van der Waals surface area (Å²) < 4.78 is 0. The van der Waals surface area contributed by atoms with E-state index in [9.17, 15) is 14.4 Å². The van der Waals surface area contributed by atoms with Crippen molar-refractivity contribution in [2.45, 2.75) is 43.7 Å². The van der Waals surface area contributed by atoms with E-state index < -0.39 is 11.6 Å². The lowest BCUT2D eigenvalue weighted by atomic mass is 9.98. The molecule has 2 aliphatic heterocycles. The maximum Gasteiger partial charge on any atom is 0.325 e. The molecule has 1 unspecified atom stereocenters. The molecule has 1 N–H and O–H groups in total. The lowest BCUT2D eigenvalue weighted by Gasteiger charge is -2.23. The molecule has 0 radical (unpaired) electrons. The van der Waals surface area contributed by atoms with Crippen LogP contribution in [0.2, 0.25) is 0 Å². The lowest BCUT2D eigenvalue weighted by Crippen LogP contribution is -2.45. The van der Waals surface area contributed by atoms with Gasteiger partial charge in [0.15, 0.2) is 0 Å². The van der Waals surface area contributed by atoms with Crippen LogP contribution in [-0.2, 0) is 9.59 Å². The van der Waals surface area contributed by atoms with E-state index in [0.717, 1.165) is 33.2 Å². The fourth-order valence-corrected chi connectivity index (χ4v) is 5.91. The number of urea groups is 1. The van der Waals surface area contributed by atoms with Crippen LogP contribution in [0, 0.1) is 0 Å². The van der Waals surface area contributed by atoms with Crippen molar-refractivity contribution < 1.29 is 14.4 Å². The summed E-state index contributed by atoms with van der Waals surface area (Å²) in [4.78, 5) is 41.6. The second-order valence-corrected chi connectivity index (χ2v) is 9.54. The van der Waals surface area contributed by atoms with Crippen molar-refractivity contribution in [3.05, 3.63) is 44.8 Å². The van der Waals surface area contributed by atoms with Crippen LogP contribution >= 0.6 is 22.7 Å². The molecule has 2 aromatic heterocycles. The van der Waals surface area contributed by atoms with Crippen LogP contribution in [0.1, 0.15) is 47.9 Å². The Morgan fingerprint density at radius 1 is 1.17 bits per heavy atom. The van der Waals surface area contributed by atoms with E-state index in [2.05, 4.69) is 10.4 Å². The summed E-state index contributed by atoms with van der Waals surface area (Å²) >= 11 is 3.16. The highest BCUT2D eigenvalue weighted by Crippen LogP contribution is 2.37. The number of rotatable bonds is 4. The topological polar surface area (TPSA) is 82.1 Å². The molecule has 7 nitrogen and oxygen atoms in total. The Kier molecular flexibility index (Phi) is 4.51. The van der Waals surface area contributed by atoms with E-state index in [1.807, 2.05) is 35.0 Å². The minimum Gasteiger partial charge on any atom is -0.323 e. The second kappa shape index (κ2) is 7.07. The third-order valence-corrected chi connectivity index (χ3v) is 7.73. The normalized spacial score (nSPS) is 23.2. The van der Waals surface area contributed by atoms with Gasteiger partial charge in [-0.1, -0.05) is 25.0 Å². The Balaban J connectivity index is 1.39. The average Bonchev–Trinajstić information content (AvgIpc) is 3.50. The summed E-state index contributed by atoms with van der Waals surface area (Å²) in [6.07, 6.45) is 3.73. The molecule has 150 valence electrons. The summed E-state index contributed by atoms with van der Waals surface area (Å²) in [7, 11) is 0. The molecular formula is C20H20N4O3S2. The van der Waals surface area contributed by atoms with E-state index >= 15 is 0 Å². The van der Waals surface area contributed by atoms with Gasteiger partial charge in [0, 0.05) is 11.3 Å². The standard InChI is InChI=1S/C20H20N4O3S2/c25-17(12-23-18(26)20(21-19(23)27)7-1-2-8-20)24-14(16-6-4-10-29-16)11-13(22-24)15-5-3-9-28-15/h3-6,9-10,14H,1-2,7-8,11-12H2,(H,21,27). The summed E-state index contributed by atoms with van der Waals surface area (Å²) in [6.45, 7) is -0.282. The highest BCUT2D eigenvalue weighted by atomic mass is 32.1. The minimum absolute atomic E-state index is 0.208. The average molecular weight is 429 g/mol. The van der Waals surface area contributed by atoms with Crippen LogP contribution in [0.15, 0.2) is 40.1 Å². The first-order valence-corrected chi connectivity index (χ1v) is 11.4. The van der Waals surface area contributed by atoms with Crippen molar-refractivity contribution in [2.24, 2.45) is 5.10 Å². The van der Waals surface area contributed by atoms with Crippen LogP contribution in [0.5, 0.6) is 0 Å². The van der Waals surface area contributed by atoms with E-state index in [1.165, 1.54) is 5.01 Å². The molecular weight excluding hydrogens is 408 g/mol. The SMILES string of the molecule is O=C1NC2(CCCC2)C(=O)N1CC(=O)N1N=C(c2cccs2)CC1c1cccs1. The third-order valence-electron chi connectivity index (χ3n) is 5.84. The maximum absolute atomic E-state index is 13.2. The molecule has 1 atom stereocenters. The number of thiophene rings is 2. The van der Waals surface area contributed by atoms with E-state index in [0.29, 0.717) is 19.3 Å². The van der Waals surface area contributed by atoms with Gasteiger partial charge in [0.05, 0.1) is 16.6 Å². The molecule has 2 aromatic rings. The number of hydrogen-bond donors (Lipinski definition) is 1. The maximum atomic E-state index is 13.2. The van der Waals surface area contributed by atoms with Crippen molar-refractivity contribution in [3.8, 4) is 0 Å². The molecule has 4 heterocycles. The van der Waals surface area contributed by atoms with Crippen LogP contribution in [0.3, 0.4) is 0 Å². The first-order valence-electron chi connectivity index (χ1n) is 9.68. The zero-order valence-corrected chi connectivity index (χ0v) is 17.3. The molecule has 1 saturated heterocycles. The number of imide groups is 1. The highest BCUT2D eigenvalue weighted by molar-refractivity contribution is 7.12. The Labute approximate surface area is 176 Å². The van der Waals surface area contributed by atoms with Crippen LogP contribution < -0.4 is 5.32 Å². The molecule has 1 saturated carbocycles. The Bertz CT molecular complexity index is 978. The lowest BCUT2D eigenvalue weighted by molar-refractivity contribution is -0.139. The molecule has 0 bridgehead atoms. The molecule has 9 heteroatoms. The van der Waals surface area contributed by atoms with Gasteiger partial charge < -0.3 is 5.32 Å². The molecule has 5 rings (SSSR count).